The number of alkyl halides is 3. The third-order valence-corrected chi connectivity index (χ3v) is 6.10. The minimum absolute atomic E-state index is 0.00819. The van der Waals surface area contributed by atoms with Gasteiger partial charge in [-0.2, -0.15) is 13.2 Å². The van der Waals surface area contributed by atoms with Crippen LogP contribution in [0.5, 0.6) is 0 Å². The molecule has 1 heterocycles. The van der Waals surface area contributed by atoms with Crippen LogP contribution in [0.4, 0.5) is 18.0 Å². The second kappa shape index (κ2) is 11.2. The van der Waals surface area contributed by atoms with Crippen LogP contribution in [0.1, 0.15) is 22.3 Å². The highest BCUT2D eigenvalue weighted by atomic mass is 19.4. The standard InChI is InChI=1S/C28H26F3N3O3/c1-34(27(36)37-18-20-7-3-2-4-8-20)25(15-21-17-32-24-10-6-5-9-23(21)24)26(35)33-16-19-11-13-22(14-12-19)28(29,30)31/h2-14,17,25,32H,15-16,18H2,1H3,(H,33,35)/t25-/m0/s1. The van der Waals surface area contributed by atoms with Crippen LogP contribution < -0.4 is 5.32 Å². The molecule has 0 radical (unpaired) electrons. The van der Waals surface area contributed by atoms with Gasteiger partial charge in [0.25, 0.3) is 0 Å². The summed E-state index contributed by atoms with van der Waals surface area (Å²) in [6, 6.07) is 20.4. The van der Waals surface area contributed by atoms with Crippen molar-refractivity contribution in [3.05, 3.63) is 107 Å². The molecular formula is C28H26F3N3O3. The summed E-state index contributed by atoms with van der Waals surface area (Å²) in [6.07, 6.45) is -3.10. The van der Waals surface area contributed by atoms with E-state index in [9.17, 15) is 22.8 Å². The molecular weight excluding hydrogens is 483 g/mol. The number of fused-ring (bicyclic) bond motifs is 1. The van der Waals surface area contributed by atoms with Gasteiger partial charge in [0.15, 0.2) is 0 Å². The monoisotopic (exact) mass is 509 g/mol. The van der Waals surface area contributed by atoms with Crippen molar-refractivity contribution >= 4 is 22.9 Å². The Hall–Kier alpha value is -4.27. The zero-order valence-corrected chi connectivity index (χ0v) is 20.1. The summed E-state index contributed by atoms with van der Waals surface area (Å²) in [4.78, 5) is 30.6. The Morgan fingerprint density at radius 2 is 1.62 bits per heavy atom. The summed E-state index contributed by atoms with van der Waals surface area (Å²) < 4.78 is 44.0. The van der Waals surface area contributed by atoms with Gasteiger partial charge >= 0.3 is 12.3 Å². The number of nitrogens with one attached hydrogen (secondary N) is 2. The summed E-state index contributed by atoms with van der Waals surface area (Å²) in [6.45, 7) is 0.0608. The number of carbonyl (C=O) groups excluding carboxylic acids is 2. The van der Waals surface area contributed by atoms with E-state index in [1.807, 2.05) is 54.6 Å². The Morgan fingerprint density at radius 1 is 0.946 bits per heavy atom. The number of nitrogens with zero attached hydrogens (tertiary/aromatic N) is 1. The van der Waals surface area contributed by atoms with Crippen molar-refractivity contribution in [2.24, 2.45) is 0 Å². The number of carbonyl (C=O) groups is 2. The van der Waals surface area contributed by atoms with Crippen molar-refractivity contribution in [2.75, 3.05) is 7.05 Å². The Morgan fingerprint density at radius 3 is 2.32 bits per heavy atom. The molecule has 0 bridgehead atoms. The first-order valence-electron chi connectivity index (χ1n) is 11.6. The van der Waals surface area contributed by atoms with E-state index in [4.69, 9.17) is 4.74 Å². The number of hydrogen-bond acceptors (Lipinski definition) is 3. The zero-order chi connectivity index (χ0) is 26.4. The Labute approximate surface area is 212 Å². The average molecular weight is 510 g/mol. The molecule has 0 fully saturated rings. The number of aromatic nitrogens is 1. The maximum atomic E-state index is 13.3. The van der Waals surface area contributed by atoms with E-state index in [1.165, 1.54) is 24.1 Å². The number of amides is 2. The van der Waals surface area contributed by atoms with Gasteiger partial charge in [-0.25, -0.2) is 4.79 Å². The summed E-state index contributed by atoms with van der Waals surface area (Å²) >= 11 is 0. The van der Waals surface area contributed by atoms with Crippen molar-refractivity contribution in [1.82, 2.24) is 15.2 Å². The Bertz CT molecular complexity index is 1350. The third kappa shape index (κ3) is 6.49. The average Bonchev–Trinajstić information content (AvgIpc) is 3.31. The van der Waals surface area contributed by atoms with E-state index < -0.39 is 29.8 Å². The molecule has 0 spiro atoms. The second-order valence-corrected chi connectivity index (χ2v) is 8.64. The summed E-state index contributed by atoms with van der Waals surface area (Å²) in [5.41, 5.74) is 2.29. The van der Waals surface area contributed by atoms with Crippen LogP contribution in [0.3, 0.4) is 0 Å². The summed E-state index contributed by atoms with van der Waals surface area (Å²) in [7, 11) is 1.49. The number of H-pyrrole nitrogens is 1. The van der Waals surface area contributed by atoms with Crippen LogP contribution in [0, 0.1) is 0 Å². The number of benzene rings is 3. The molecule has 0 saturated heterocycles. The van der Waals surface area contributed by atoms with E-state index in [0.29, 0.717) is 5.56 Å². The fourth-order valence-electron chi connectivity index (χ4n) is 3.98. The Balaban J connectivity index is 1.49. The van der Waals surface area contributed by atoms with Crippen LogP contribution in [0.2, 0.25) is 0 Å². The molecule has 4 aromatic rings. The number of aromatic amines is 1. The molecule has 192 valence electrons. The molecule has 0 saturated carbocycles. The highest BCUT2D eigenvalue weighted by Crippen LogP contribution is 2.29. The maximum Gasteiger partial charge on any atom is 0.416 e. The first-order valence-corrected chi connectivity index (χ1v) is 11.6. The molecule has 2 amide bonds. The second-order valence-electron chi connectivity index (χ2n) is 8.64. The molecule has 6 nitrogen and oxygen atoms in total. The highest BCUT2D eigenvalue weighted by molar-refractivity contribution is 5.88. The van der Waals surface area contributed by atoms with Gasteiger partial charge in [0, 0.05) is 37.1 Å². The molecule has 0 aliphatic carbocycles. The predicted octanol–water partition coefficient (Wildman–Crippen LogP) is 5.68. The van der Waals surface area contributed by atoms with Crippen LogP contribution >= 0.6 is 0 Å². The van der Waals surface area contributed by atoms with E-state index in [2.05, 4.69) is 10.3 Å². The van der Waals surface area contributed by atoms with Crippen LogP contribution in [0.25, 0.3) is 10.9 Å². The number of likely N-dealkylation sites (N-methyl/N-ethyl adjacent to an activating group) is 1. The largest absolute Gasteiger partial charge is 0.445 e. The van der Waals surface area contributed by atoms with Crippen molar-refractivity contribution < 1.29 is 27.5 Å². The normalized spacial score (nSPS) is 12.2. The molecule has 4 rings (SSSR count). The predicted molar refractivity (Wildman–Crippen MR) is 133 cm³/mol. The number of hydrogen-bond donors (Lipinski definition) is 2. The number of para-hydroxylation sites is 1. The zero-order valence-electron chi connectivity index (χ0n) is 20.1. The fourth-order valence-corrected chi connectivity index (χ4v) is 3.98. The quantitative estimate of drug-likeness (QED) is 0.321. The number of ether oxygens (including phenoxy) is 1. The molecule has 1 aromatic heterocycles. The lowest BCUT2D eigenvalue weighted by Crippen LogP contribution is -2.48. The third-order valence-electron chi connectivity index (χ3n) is 6.10. The van der Waals surface area contributed by atoms with Crippen LogP contribution in [-0.4, -0.2) is 35.0 Å². The van der Waals surface area contributed by atoms with Gasteiger partial charge in [0.05, 0.1) is 5.56 Å². The fraction of sp³-hybridized carbons (Fsp3) is 0.214. The van der Waals surface area contributed by atoms with Gasteiger partial charge in [0.2, 0.25) is 5.91 Å². The van der Waals surface area contributed by atoms with Gasteiger partial charge in [-0.1, -0.05) is 60.7 Å². The van der Waals surface area contributed by atoms with Crippen molar-refractivity contribution in [2.45, 2.75) is 31.8 Å². The van der Waals surface area contributed by atoms with Crippen LogP contribution in [-0.2, 0) is 35.3 Å². The smallest absolute Gasteiger partial charge is 0.416 e. The molecule has 1 atom stereocenters. The number of halogens is 3. The first kappa shape index (κ1) is 25.8. The lowest BCUT2D eigenvalue weighted by Gasteiger charge is -2.27. The molecule has 0 unspecified atom stereocenters. The van der Waals surface area contributed by atoms with Gasteiger partial charge in [0.1, 0.15) is 12.6 Å². The van der Waals surface area contributed by atoms with Gasteiger partial charge < -0.3 is 15.0 Å². The lowest BCUT2D eigenvalue weighted by molar-refractivity contribution is -0.137. The number of rotatable bonds is 8. The van der Waals surface area contributed by atoms with Gasteiger partial charge in [-0.3, -0.25) is 9.69 Å². The minimum atomic E-state index is -4.44. The van der Waals surface area contributed by atoms with E-state index in [1.54, 1.807) is 6.20 Å². The highest BCUT2D eigenvalue weighted by Gasteiger charge is 2.31. The first-order chi connectivity index (χ1) is 17.7. The lowest BCUT2D eigenvalue weighted by atomic mass is 10.0. The maximum absolute atomic E-state index is 13.3. The van der Waals surface area contributed by atoms with Crippen molar-refractivity contribution in [3.63, 3.8) is 0 Å². The minimum Gasteiger partial charge on any atom is -0.445 e. The molecule has 37 heavy (non-hydrogen) atoms. The molecule has 2 N–H and O–H groups in total. The van der Waals surface area contributed by atoms with E-state index >= 15 is 0 Å². The molecule has 0 aliphatic rings. The summed E-state index contributed by atoms with van der Waals surface area (Å²) in [5.74, 6) is -0.454. The van der Waals surface area contributed by atoms with Crippen molar-refractivity contribution in [3.8, 4) is 0 Å². The van der Waals surface area contributed by atoms with Gasteiger partial charge in [-0.15, -0.1) is 0 Å². The topological polar surface area (TPSA) is 74.4 Å². The van der Waals surface area contributed by atoms with Crippen molar-refractivity contribution in [1.29, 1.82) is 0 Å². The van der Waals surface area contributed by atoms with Gasteiger partial charge in [-0.05, 0) is 34.9 Å². The van der Waals surface area contributed by atoms with E-state index in [0.717, 1.165) is 34.2 Å². The molecule has 3 aromatic carbocycles. The molecule has 0 aliphatic heterocycles. The van der Waals surface area contributed by atoms with Crippen LogP contribution in [0.15, 0.2) is 85.1 Å². The Kier molecular flexibility index (Phi) is 7.81. The summed E-state index contributed by atoms with van der Waals surface area (Å²) in [5, 5.41) is 3.67. The molecule has 9 heteroatoms. The SMILES string of the molecule is CN(C(=O)OCc1ccccc1)[C@@H](Cc1c[nH]c2ccccc12)C(=O)NCc1ccc(C(F)(F)F)cc1. The van der Waals surface area contributed by atoms with E-state index in [-0.39, 0.29) is 19.6 Å².